The van der Waals surface area contributed by atoms with Gasteiger partial charge in [-0.2, -0.15) is 0 Å². The zero-order valence-electron chi connectivity index (χ0n) is 11.8. The van der Waals surface area contributed by atoms with E-state index in [1.807, 2.05) is 0 Å². The summed E-state index contributed by atoms with van der Waals surface area (Å²) in [5.74, 6) is 0.321. The maximum absolute atomic E-state index is 12.1. The SMILES string of the molecule is C[C@@H]1CCCN(CC(=O)Nc2cc(Cl)ccc2[N+](=O)[O-])C1. The third-order valence-electron chi connectivity index (χ3n) is 3.54. The summed E-state index contributed by atoms with van der Waals surface area (Å²) in [7, 11) is 0. The number of piperidine rings is 1. The van der Waals surface area contributed by atoms with Gasteiger partial charge in [0.25, 0.3) is 5.69 Å². The molecule has 1 saturated heterocycles. The van der Waals surface area contributed by atoms with Crippen LogP contribution in [0.2, 0.25) is 5.02 Å². The second-order valence-electron chi connectivity index (χ2n) is 5.45. The van der Waals surface area contributed by atoms with E-state index in [1.54, 1.807) is 0 Å². The number of carbonyl (C=O) groups is 1. The highest BCUT2D eigenvalue weighted by Gasteiger charge is 2.21. The fraction of sp³-hybridized carbons (Fsp3) is 0.500. The number of nitro benzene ring substituents is 1. The average Bonchev–Trinajstić information content (AvgIpc) is 2.38. The van der Waals surface area contributed by atoms with E-state index < -0.39 is 4.92 Å². The lowest BCUT2D eigenvalue weighted by atomic mass is 10.0. The lowest BCUT2D eigenvalue weighted by Gasteiger charge is -2.30. The zero-order valence-corrected chi connectivity index (χ0v) is 12.6. The van der Waals surface area contributed by atoms with Gasteiger partial charge in [0, 0.05) is 17.6 Å². The van der Waals surface area contributed by atoms with Crippen LogP contribution in [0.1, 0.15) is 19.8 Å². The Morgan fingerprint density at radius 1 is 1.57 bits per heavy atom. The summed E-state index contributed by atoms with van der Waals surface area (Å²) in [6.07, 6.45) is 2.25. The summed E-state index contributed by atoms with van der Waals surface area (Å²) in [6.45, 7) is 4.17. The van der Waals surface area contributed by atoms with E-state index in [-0.39, 0.29) is 23.8 Å². The second kappa shape index (κ2) is 6.87. The third kappa shape index (κ3) is 4.41. The van der Waals surface area contributed by atoms with Crippen molar-refractivity contribution in [1.82, 2.24) is 4.90 Å². The summed E-state index contributed by atoms with van der Waals surface area (Å²) in [6, 6.07) is 4.12. The highest BCUT2D eigenvalue weighted by Crippen LogP contribution is 2.27. The molecule has 1 aliphatic rings. The number of nitrogens with zero attached hydrogens (tertiary/aromatic N) is 2. The average molecular weight is 312 g/mol. The molecule has 1 N–H and O–H groups in total. The lowest BCUT2D eigenvalue weighted by molar-refractivity contribution is -0.383. The van der Waals surface area contributed by atoms with E-state index in [0.717, 1.165) is 19.5 Å². The first kappa shape index (κ1) is 15.7. The number of anilines is 1. The molecule has 21 heavy (non-hydrogen) atoms. The van der Waals surface area contributed by atoms with Crippen LogP contribution in [0.4, 0.5) is 11.4 Å². The van der Waals surface area contributed by atoms with Gasteiger partial charge < -0.3 is 5.32 Å². The van der Waals surface area contributed by atoms with Crippen LogP contribution in [-0.2, 0) is 4.79 Å². The number of nitrogens with one attached hydrogen (secondary N) is 1. The van der Waals surface area contributed by atoms with Gasteiger partial charge in [0.2, 0.25) is 5.91 Å². The molecule has 114 valence electrons. The van der Waals surface area contributed by atoms with Gasteiger partial charge in [0.1, 0.15) is 5.69 Å². The van der Waals surface area contributed by atoms with Crippen molar-refractivity contribution in [3.8, 4) is 0 Å². The maximum atomic E-state index is 12.1. The molecule has 1 fully saturated rings. The van der Waals surface area contributed by atoms with Gasteiger partial charge in [-0.1, -0.05) is 18.5 Å². The van der Waals surface area contributed by atoms with Crippen molar-refractivity contribution >= 4 is 28.9 Å². The summed E-state index contributed by atoms with van der Waals surface area (Å²) < 4.78 is 0. The van der Waals surface area contributed by atoms with Gasteiger partial charge in [-0.25, -0.2) is 0 Å². The van der Waals surface area contributed by atoms with Gasteiger partial charge >= 0.3 is 0 Å². The molecule has 0 spiro atoms. The Hall–Kier alpha value is -1.66. The largest absolute Gasteiger partial charge is 0.319 e. The number of rotatable bonds is 4. The molecule has 0 bridgehead atoms. The molecule has 0 aliphatic carbocycles. The first-order chi connectivity index (χ1) is 9.95. The van der Waals surface area contributed by atoms with Gasteiger partial charge in [0.05, 0.1) is 11.5 Å². The summed E-state index contributed by atoms with van der Waals surface area (Å²) in [5.41, 5.74) is -0.0117. The Kier molecular flexibility index (Phi) is 5.14. The first-order valence-electron chi connectivity index (χ1n) is 6.92. The molecule has 0 unspecified atom stereocenters. The van der Waals surface area contributed by atoms with E-state index in [9.17, 15) is 14.9 Å². The lowest BCUT2D eigenvalue weighted by Crippen LogP contribution is -2.39. The molecule has 1 atom stereocenters. The fourth-order valence-electron chi connectivity index (χ4n) is 2.59. The van der Waals surface area contributed by atoms with Crippen molar-refractivity contribution in [3.05, 3.63) is 33.3 Å². The molecule has 1 aliphatic heterocycles. The second-order valence-corrected chi connectivity index (χ2v) is 5.89. The molecular weight excluding hydrogens is 294 g/mol. The van der Waals surface area contributed by atoms with Gasteiger partial charge in [-0.05, 0) is 37.4 Å². The number of likely N-dealkylation sites (tertiary alicyclic amines) is 1. The Morgan fingerprint density at radius 2 is 2.33 bits per heavy atom. The first-order valence-corrected chi connectivity index (χ1v) is 7.29. The van der Waals surface area contributed by atoms with E-state index in [0.29, 0.717) is 10.9 Å². The monoisotopic (exact) mass is 311 g/mol. The highest BCUT2D eigenvalue weighted by molar-refractivity contribution is 6.31. The molecule has 0 radical (unpaired) electrons. The van der Waals surface area contributed by atoms with Crippen LogP contribution in [0.3, 0.4) is 0 Å². The molecule has 1 amide bonds. The third-order valence-corrected chi connectivity index (χ3v) is 3.77. The van der Waals surface area contributed by atoms with E-state index in [4.69, 9.17) is 11.6 Å². The number of carbonyl (C=O) groups excluding carboxylic acids is 1. The summed E-state index contributed by atoms with van der Waals surface area (Å²) in [5, 5.41) is 13.9. The van der Waals surface area contributed by atoms with E-state index >= 15 is 0 Å². The number of nitro groups is 1. The van der Waals surface area contributed by atoms with E-state index in [1.165, 1.54) is 24.6 Å². The van der Waals surface area contributed by atoms with Crippen LogP contribution in [0.5, 0.6) is 0 Å². The molecule has 7 heteroatoms. The molecule has 0 aromatic heterocycles. The fourth-order valence-corrected chi connectivity index (χ4v) is 2.76. The van der Waals surface area contributed by atoms with Gasteiger partial charge in [-0.3, -0.25) is 19.8 Å². The minimum atomic E-state index is -0.533. The molecular formula is C14H18ClN3O3. The standard InChI is InChI=1S/C14H18ClN3O3/c1-10-3-2-6-17(8-10)9-14(19)16-12-7-11(15)4-5-13(12)18(20)21/h4-5,7,10H,2-3,6,8-9H2,1H3,(H,16,19)/t10-/m1/s1. The molecule has 0 saturated carbocycles. The molecule has 1 heterocycles. The topological polar surface area (TPSA) is 75.5 Å². The molecule has 6 nitrogen and oxygen atoms in total. The maximum Gasteiger partial charge on any atom is 0.292 e. The Labute approximate surface area is 128 Å². The Bertz CT molecular complexity index is 550. The van der Waals surface area contributed by atoms with Gasteiger partial charge in [0.15, 0.2) is 0 Å². The van der Waals surface area contributed by atoms with Crippen LogP contribution in [0, 0.1) is 16.0 Å². The Morgan fingerprint density at radius 3 is 3.00 bits per heavy atom. The number of hydrogen-bond donors (Lipinski definition) is 1. The normalized spacial score (nSPS) is 19.2. The predicted molar refractivity (Wildman–Crippen MR) is 81.6 cm³/mol. The molecule has 2 rings (SSSR count). The number of amides is 1. The van der Waals surface area contributed by atoms with Crippen LogP contribution >= 0.6 is 11.6 Å². The van der Waals surface area contributed by atoms with Crippen molar-refractivity contribution in [2.24, 2.45) is 5.92 Å². The summed E-state index contributed by atoms with van der Waals surface area (Å²) in [4.78, 5) is 24.5. The molecule has 1 aromatic carbocycles. The van der Waals surface area contributed by atoms with Crippen LogP contribution in [-0.4, -0.2) is 35.4 Å². The Balaban J connectivity index is 2.02. The quantitative estimate of drug-likeness (QED) is 0.685. The van der Waals surface area contributed by atoms with Crippen LogP contribution in [0.15, 0.2) is 18.2 Å². The van der Waals surface area contributed by atoms with Crippen molar-refractivity contribution < 1.29 is 9.72 Å². The number of halogens is 1. The minimum absolute atomic E-state index is 0.141. The predicted octanol–water partition coefficient (Wildman–Crippen LogP) is 2.92. The molecule has 1 aromatic rings. The number of hydrogen-bond acceptors (Lipinski definition) is 4. The summed E-state index contributed by atoms with van der Waals surface area (Å²) >= 11 is 5.83. The van der Waals surface area contributed by atoms with Crippen molar-refractivity contribution in [2.45, 2.75) is 19.8 Å². The smallest absolute Gasteiger partial charge is 0.292 e. The number of benzene rings is 1. The van der Waals surface area contributed by atoms with Crippen molar-refractivity contribution in [2.75, 3.05) is 25.0 Å². The van der Waals surface area contributed by atoms with Crippen LogP contribution in [0.25, 0.3) is 0 Å². The highest BCUT2D eigenvalue weighted by atomic mass is 35.5. The van der Waals surface area contributed by atoms with Gasteiger partial charge in [-0.15, -0.1) is 0 Å². The van der Waals surface area contributed by atoms with E-state index in [2.05, 4.69) is 17.1 Å². The minimum Gasteiger partial charge on any atom is -0.319 e. The van der Waals surface area contributed by atoms with Crippen LogP contribution < -0.4 is 5.32 Å². The van der Waals surface area contributed by atoms with Crippen molar-refractivity contribution in [1.29, 1.82) is 0 Å². The van der Waals surface area contributed by atoms with Crippen molar-refractivity contribution in [3.63, 3.8) is 0 Å². The zero-order chi connectivity index (χ0) is 15.4.